The maximum absolute atomic E-state index is 12.3. The van der Waals surface area contributed by atoms with Gasteiger partial charge < -0.3 is 16.0 Å². The first-order chi connectivity index (χ1) is 14.5. The second-order valence-corrected chi connectivity index (χ2v) is 7.28. The van der Waals surface area contributed by atoms with E-state index >= 15 is 0 Å². The Morgan fingerprint density at radius 2 is 1.40 bits per heavy atom. The van der Waals surface area contributed by atoms with Gasteiger partial charge in [0, 0.05) is 23.5 Å². The van der Waals surface area contributed by atoms with Crippen LogP contribution < -0.4 is 16.0 Å². The van der Waals surface area contributed by atoms with Crippen LogP contribution in [0.1, 0.15) is 23.1 Å². The summed E-state index contributed by atoms with van der Waals surface area (Å²) >= 11 is 0. The van der Waals surface area contributed by atoms with Gasteiger partial charge in [-0.2, -0.15) is 0 Å². The molecule has 0 saturated heterocycles. The van der Waals surface area contributed by atoms with E-state index in [0.717, 1.165) is 28.1 Å². The van der Waals surface area contributed by atoms with Crippen molar-refractivity contribution in [2.75, 3.05) is 22.5 Å². The van der Waals surface area contributed by atoms with Crippen molar-refractivity contribution >= 4 is 28.9 Å². The predicted octanol–water partition coefficient (Wildman–Crippen LogP) is 4.93. The van der Waals surface area contributed by atoms with Gasteiger partial charge in [0.25, 0.3) is 0 Å². The van der Waals surface area contributed by atoms with Crippen molar-refractivity contribution in [1.29, 1.82) is 0 Å². The Kier molecular flexibility index (Phi) is 7.22. The van der Waals surface area contributed by atoms with Crippen LogP contribution in [0.5, 0.6) is 0 Å². The summed E-state index contributed by atoms with van der Waals surface area (Å²) in [5, 5.41) is 8.98. The lowest BCUT2D eigenvalue weighted by Gasteiger charge is -2.13. The number of hydrogen-bond donors (Lipinski definition) is 3. The summed E-state index contributed by atoms with van der Waals surface area (Å²) in [5.74, 6) is -0.159. The standard InChI is InChI=1S/C25H27N3O2/c1-18-8-6-9-19(2)25(18)28-24(30)17-26-21-12-7-13-22(16-21)27-23(29)15-14-20-10-4-3-5-11-20/h3-13,16,26H,14-15,17H2,1-2H3,(H,27,29)(H,28,30). The maximum Gasteiger partial charge on any atom is 0.243 e. The summed E-state index contributed by atoms with van der Waals surface area (Å²) in [6.45, 7) is 4.08. The van der Waals surface area contributed by atoms with E-state index < -0.39 is 0 Å². The Labute approximate surface area is 177 Å². The molecular formula is C25H27N3O2. The Bertz CT molecular complexity index is 996. The van der Waals surface area contributed by atoms with E-state index in [0.29, 0.717) is 18.5 Å². The van der Waals surface area contributed by atoms with E-state index in [1.54, 1.807) is 0 Å². The highest BCUT2D eigenvalue weighted by Gasteiger charge is 2.08. The zero-order valence-electron chi connectivity index (χ0n) is 17.4. The van der Waals surface area contributed by atoms with Crippen molar-refractivity contribution in [2.45, 2.75) is 26.7 Å². The quantitative estimate of drug-likeness (QED) is 0.501. The van der Waals surface area contributed by atoms with Gasteiger partial charge in [-0.3, -0.25) is 9.59 Å². The number of rotatable bonds is 8. The van der Waals surface area contributed by atoms with Gasteiger partial charge in [0.1, 0.15) is 0 Å². The molecule has 0 aliphatic rings. The second-order valence-electron chi connectivity index (χ2n) is 7.28. The predicted molar refractivity (Wildman–Crippen MR) is 123 cm³/mol. The minimum absolute atomic E-state index is 0.0382. The third-order valence-electron chi connectivity index (χ3n) is 4.83. The molecule has 0 unspecified atom stereocenters. The van der Waals surface area contributed by atoms with Crippen molar-refractivity contribution in [2.24, 2.45) is 0 Å². The van der Waals surface area contributed by atoms with Crippen LogP contribution in [0, 0.1) is 13.8 Å². The van der Waals surface area contributed by atoms with Gasteiger partial charge >= 0.3 is 0 Å². The Balaban J connectivity index is 1.50. The van der Waals surface area contributed by atoms with E-state index in [-0.39, 0.29) is 18.4 Å². The number of hydrogen-bond acceptors (Lipinski definition) is 3. The van der Waals surface area contributed by atoms with Gasteiger partial charge in [0.15, 0.2) is 0 Å². The second kappa shape index (κ2) is 10.3. The zero-order chi connectivity index (χ0) is 21.3. The lowest BCUT2D eigenvalue weighted by molar-refractivity contribution is -0.116. The molecule has 3 rings (SSSR count). The molecule has 3 aromatic rings. The minimum atomic E-state index is -0.121. The SMILES string of the molecule is Cc1cccc(C)c1NC(=O)CNc1cccc(NC(=O)CCc2ccccc2)c1. The molecule has 0 heterocycles. The molecule has 0 spiro atoms. The molecule has 154 valence electrons. The van der Waals surface area contributed by atoms with Crippen LogP contribution in [0.4, 0.5) is 17.1 Å². The van der Waals surface area contributed by atoms with Crippen molar-refractivity contribution in [3.8, 4) is 0 Å². The molecule has 0 atom stereocenters. The maximum atomic E-state index is 12.3. The van der Waals surface area contributed by atoms with Crippen LogP contribution in [0.2, 0.25) is 0 Å². The Morgan fingerprint density at radius 1 is 0.733 bits per heavy atom. The van der Waals surface area contributed by atoms with E-state index in [4.69, 9.17) is 0 Å². The number of carbonyl (C=O) groups excluding carboxylic acids is 2. The van der Waals surface area contributed by atoms with Crippen LogP contribution in [0.3, 0.4) is 0 Å². The summed E-state index contributed by atoms with van der Waals surface area (Å²) in [7, 11) is 0. The average molecular weight is 402 g/mol. The highest BCUT2D eigenvalue weighted by molar-refractivity contribution is 5.95. The zero-order valence-corrected chi connectivity index (χ0v) is 17.4. The highest BCUT2D eigenvalue weighted by Crippen LogP contribution is 2.20. The summed E-state index contributed by atoms with van der Waals surface area (Å²) in [6, 6.07) is 23.2. The van der Waals surface area contributed by atoms with Crippen molar-refractivity contribution in [3.05, 3.63) is 89.5 Å². The number of anilines is 3. The van der Waals surface area contributed by atoms with Crippen molar-refractivity contribution in [1.82, 2.24) is 0 Å². The lowest BCUT2D eigenvalue weighted by atomic mass is 10.1. The summed E-state index contributed by atoms with van der Waals surface area (Å²) < 4.78 is 0. The molecule has 3 aromatic carbocycles. The fourth-order valence-corrected chi connectivity index (χ4v) is 3.21. The summed E-state index contributed by atoms with van der Waals surface area (Å²) in [4.78, 5) is 24.6. The van der Waals surface area contributed by atoms with Gasteiger partial charge in [-0.15, -0.1) is 0 Å². The third-order valence-corrected chi connectivity index (χ3v) is 4.83. The van der Waals surface area contributed by atoms with Gasteiger partial charge in [-0.05, 0) is 55.2 Å². The summed E-state index contributed by atoms with van der Waals surface area (Å²) in [5.41, 5.74) is 5.52. The smallest absolute Gasteiger partial charge is 0.243 e. The summed E-state index contributed by atoms with van der Waals surface area (Å²) in [6.07, 6.45) is 1.11. The lowest BCUT2D eigenvalue weighted by Crippen LogP contribution is -2.22. The number of carbonyl (C=O) groups is 2. The molecule has 0 bridgehead atoms. The Morgan fingerprint density at radius 3 is 2.13 bits per heavy atom. The normalized spacial score (nSPS) is 10.3. The van der Waals surface area contributed by atoms with Gasteiger partial charge in [0.05, 0.1) is 6.54 Å². The fraction of sp³-hybridized carbons (Fsp3) is 0.200. The molecule has 2 amide bonds. The van der Waals surface area contributed by atoms with Crippen LogP contribution in [-0.2, 0) is 16.0 Å². The molecule has 5 nitrogen and oxygen atoms in total. The van der Waals surface area contributed by atoms with E-state index in [9.17, 15) is 9.59 Å². The van der Waals surface area contributed by atoms with E-state index in [1.807, 2.05) is 86.6 Å². The van der Waals surface area contributed by atoms with Gasteiger partial charge in [-0.1, -0.05) is 54.6 Å². The third kappa shape index (κ3) is 6.21. The first-order valence-corrected chi connectivity index (χ1v) is 10.0. The molecule has 0 saturated carbocycles. The minimum Gasteiger partial charge on any atom is -0.376 e. The first-order valence-electron chi connectivity index (χ1n) is 10.0. The number of para-hydroxylation sites is 1. The van der Waals surface area contributed by atoms with Crippen LogP contribution in [0.15, 0.2) is 72.8 Å². The molecular weight excluding hydrogens is 374 g/mol. The monoisotopic (exact) mass is 401 g/mol. The molecule has 0 aromatic heterocycles. The molecule has 3 N–H and O–H groups in total. The van der Waals surface area contributed by atoms with E-state index in [2.05, 4.69) is 16.0 Å². The van der Waals surface area contributed by atoms with Crippen LogP contribution >= 0.6 is 0 Å². The number of aryl methyl sites for hydroxylation is 3. The van der Waals surface area contributed by atoms with Gasteiger partial charge in [0.2, 0.25) is 11.8 Å². The molecule has 5 heteroatoms. The first kappa shape index (κ1) is 21.1. The number of nitrogens with one attached hydrogen (secondary N) is 3. The Hall–Kier alpha value is -3.60. The van der Waals surface area contributed by atoms with Crippen LogP contribution in [0.25, 0.3) is 0 Å². The fourth-order valence-electron chi connectivity index (χ4n) is 3.21. The van der Waals surface area contributed by atoms with Crippen molar-refractivity contribution < 1.29 is 9.59 Å². The van der Waals surface area contributed by atoms with E-state index in [1.165, 1.54) is 0 Å². The average Bonchev–Trinajstić information content (AvgIpc) is 2.74. The number of benzene rings is 3. The highest BCUT2D eigenvalue weighted by atomic mass is 16.2. The van der Waals surface area contributed by atoms with Crippen molar-refractivity contribution in [3.63, 3.8) is 0 Å². The molecule has 0 aliphatic heterocycles. The number of amides is 2. The largest absolute Gasteiger partial charge is 0.376 e. The molecule has 0 aliphatic carbocycles. The topological polar surface area (TPSA) is 70.2 Å². The van der Waals surface area contributed by atoms with Gasteiger partial charge in [-0.25, -0.2) is 0 Å². The molecule has 30 heavy (non-hydrogen) atoms. The van der Waals surface area contributed by atoms with Crippen LogP contribution in [-0.4, -0.2) is 18.4 Å². The molecule has 0 fully saturated rings. The molecule has 0 radical (unpaired) electrons.